The van der Waals surface area contributed by atoms with Crippen molar-refractivity contribution >= 4 is 21.7 Å². The quantitative estimate of drug-likeness (QED) is 0.413. The fourth-order valence-corrected chi connectivity index (χ4v) is 3.59. The maximum Gasteiger partial charge on any atom is 0.116 e. The van der Waals surface area contributed by atoms with Crippen LogP contribution in [-0.4, -0.2) is 15.0 Å². The molecule has 0 saturated heterocycles. The molecule has 0 saturated carbocycles. The van der Waals surface area contributed by atoms with Crippen molar-refractivity contribution in [3.63, 3.8) is 0 Å². The van der Waals surface area contributed by atoms with Gasteiger partial charge in [0.1, 0.15) is 6.33 Å². The Morgan fingerprint density at radius 1 is 0.885 bits per heavy atom. The molecule has 26 heavy (non-hydrogen) atoms. The number of nitrogens with zero attached hydrogens (tertiary/aromatic N) is 3. The van der Waals surface area contributed by atoms with Crippen molar-refractivity contribution < 1.29 is 0 Å². The number of hydrogen-bond donors (Lipinski definition) is 0. The van der Waals surface area contributed by atoms with Crippen LogP contribution in [-0.2, 0) is 5.41 Å². The van der Waals surface area contributed by atoms with E-state index in [2.05, 4.69) is 85.1 Å². The summed E-state index contributed by atoms with van der Waals surface area (Å²) >= 11 is 0. The summed E-state index contributed by atoms with van der Waals surface area (Å²) in [4.78, 5) is 13.9. The molecule has 2 aromatic carbocycles. The van der Waals surface area contributed by atoms with Gasteiger partial charge in [-0.3, -0.25) is 4.98 Å². The van der Waals surface area contributed by atoms with Crippen molar-refractivity contribution in [3.8, 4) is 11.3 Å². The van der Waals surface area contributed by atoms with Crippen LogP contribution in [0.1, 0.15) is 37.7 Å². The average molecular weight is 341 g/mol. The summed E-state index contributed by atoms with van der Waals surface area (Å²) < 4.78 is 0. The van der Waals surface area contributed by atoms with E-state index in [1.54, 1.807) is 6.33 Å². The molecular formula is C23H23N3. The van der Waals surface area contributed by atoms with Crippen LogP contribution >= 0.6 is 0 Å². The topological polar surface area (TPSA) is 38.7 Å². The van der Waals surface area contributed by atoms with Gasteiger partial charge in [0.05, 0.1) is 11.2 Å². The molecule has 0 N–H and O–H groups in total. The molecule has 3 nitrogen and oxygen atoms in total. The zero-order chi connectivity index (χ0) is 18.5. The summed E-state index contributed by atoms with van der Waals surface area (Å²) in [5, 5.41) is 3.36. The monoisotopic (exact) mass is 341 g/mol. The molecular weight excluding hydrogens is 318 g/mol. The lowest BCUT2D eigenvalue weighted by Crippen LogP contribution is -2.10. The molecule has 0 aliphatic heterocycles. The smallest absolute Gasteiger partial charge is 0.116 e. The van der Waals surface area contributed by atoms with Crippen LogP contribution in [0.25, 0.3) is 32.9 Å². The fourth-order valence-electron chi connectivity index (χ4n) is 3.59. The van der Waals surface area contributed by atoms with Gasteiger partial charge >= 0.3 is 0 Å². The molecule has 130 valence electrons. The lowest BCUT2D eigenvalue weighted by atomic mass is 9.85. The minimum absolute atomic E-state index is 0.101. The van der Waals surface area contributed by atoms with E-state index in [9.17, 15) is 0 Å². The molecule has 2 heterocycles. The van der Waals surface area contributed by atoms with Gasteiger partial charge in [-0.15, -0.1) is 0 Å². The SMILES string of the molecule is Cc1cc2ccc3c(-c4cccc(C(C)(C)C)c4)ncnc3c2c(C)n1. The molecule has 0 aliphatic rings. The number of benzene rings is 2. The second kappa shape index (κ2) is 5.87. The number of rotatable bonds is 1. The molecule has 0 unspecified atom stereocenters. The van der Waals surface area contributed by atoms with Crippen LogP contribution in [0.3, 0.4) is 0 Å². The predicted molar refractivity (Wildman–Crippen MR) is 108 cm³/mol. The molecule has 4 rings (SSSR count). The van der Waals surface area contributed by atoms with E-state index in [0.29, 0.717) is 0 Å². The van der Waals surface area contributed by atoms with Crippen LogP contribution in [0.15, 0.2) is 48.8 Å². The Morgan fingerprint density at radius 3 is 2.46 bits per heavy atom. The molecule has 3 heteroatoms. The lowest BCUT2D eigenvalue weighted by Gasteiger charge is -2.20. The van der Waals surface area contributed by atoms with Crippen molar-refractivity contribution in [2.45, 2.75) is 40.0 Å². The second-order valence-electron chi connectivity index (χ2n) is 7.96. The first-order valence-electron chi connectivity index (χ1n) is 8.97. The molecule has 0 bridgehead atoms. The van der Waals surface area contributed by atoms with Gasteiger partial charge in [-0.05, 0) is 48.4 Å². The maximum atomic E-state index is 4.64. The Hall–Kier alpha value is -2.81. The normalized spacial score (nSPS) is 12.0. The Kier molecular flexibility index (Phi) is 3.76. The number of aromatic nitrogens is 3. The van der Waals surface area contributed by atoms with Gasteiger partial charge in [0.2, 0.25) is 0 Å². The molecule has 0 amide bonds. The number of hydrogen-bond acceptors (Lipinski definition) is 3. The van der Waals surface area contributed by atoms with Gasteiger partial charge in [0, 0.05) is 27.7 Å². The van der Waals surface area contributed by atoms with Crippen LogP contribution < -0.4 is 0 Å². The molecule has 2 aromatic heterocycles. The first-order chi connectivity index (χ1) is 12.3. The minimum Gasteiger partial charge on any atom is -0.258 e. The Balaban J connectivity index is 2.02. The van der Waals surface area contributed by atoms with Gasteiger partial charge in [-0.25, -0.2) is 9.97 Å². The third-order valence-electron chi connectivity index (χ3n) is 4.91. The van der Waals surface area contributed by atoms with Gasteiger partial charge in [0.25, 0.3) is 0 Å². The van der Waals surface area contributed by atoms with Gasteiger partial charge in [0.15, 0.2) is 0 Å². The Bertz CT molecular complexity index is 1140. The van der Waals surface area contributed by atoms with E-state index in [-0.39, 0.29) is 5.41 Å². The highest BCUT2D eigenvalue weighted by Crippen LogP contribution is 2.33. The zero-order valence-corrected chi connectivity index (χ0v) is 16.0. The van der Waals surface area contributed by atoms with E-state index in [1.807, 2.05) is 6.92 Å². The van der Waals surface area contributed by atoms with E-state index < -0.39 is 0 Å². The second-order valence-corrected chi connectivity index (χ2v) is 7.96. The number of pyridine rings is 1. The average Bonchev–Trinajstić information content (AvgIpc) is 2.59. The Morgan fingerprint density at radius 2 is 1.69 bits per heavy atom. The third kappa shape index (κ3) is 2.74. The summed E-state index contributed by atoms with van der Waals surface area (Å²) in [7, 11) is 0. The highest BCUT2D eigenvalue weighted by Gasteiger charge is 2.16. The van der Waals surface area contributed by atoms with Crippen LogP contribution in [0.4, 0.5) is 0 Å². The highest BCUT2D eigenvalue weighted by atomic mass is 14.8. The summed E-state index contributed by atoms with van der Waals surface area (Å²) in [5.74, 6) is 0. The van der Waals surface area contributed by atoms with Crippen molar-refractivity contribution in [2.75, 3.05) is 0 Å². The zero-order valence-electron chi connectivity index (χ0n) is 16.0. The molecule has 4 aromatic rings. The summed E-state index contributed by atoms with van der Waals surface area (Å²) in [6, 6.07) is 15.1. The van der Waals surface area contributed by atoms with E-state index in [0.717, 1.165) is 38.9 Å². The Labute approximate surface area is 154 Å². The van der Waals surface area contributed by atoms with Crippen molar-refractivity contribution in [2.24, 2.45) is 0 Å². The molecule has 0 radical (unpaired) electrons. The first kappa shape index (κ1) is 16.6. The van der Waals surface area contributed by atoms with Crippen LogP contribution in [0, 0.1) is 13.8 Å². The van der Waals surface area contributed by atoms with Gasteiger partial charge in [-0.2, -0.15) is 0 Å². The third-order valence-corrected chi connectivity index (χ3v) is 4.91. The molecule has 0 spiro atoms. The lowest BCUT2D eigenvalue weighted by molar-refractivity contribution is 0.590. The predicted octanol–water partition coefficient (Wildman–Crippen LogP) is 5.76. The van der Waals surface area contributed by atoms with Gasteiger partial charge < -0.3 is 0 Å². The van der Waals surface area contributed by atoms with Crippen molar-refractivity contribution in [1.82, 2.24) is 15.0 Å². The summed E-state index contributed by atoms with van der Waals surface area (Å²) in [6.07, 6.45) is 1.67. The number of aryl methyl sites for hydroxylation is 2. The van der Waals surface area contributed by atoms with Crippen molar-refractivity contribution in [1.29, 1.82) is 0 Å². The minimum atomic E-state index is 0.101. The van der Waals surface area contributed by atoms with E-state index in [4.69, 9.17) is 0 Å². The maximum absolute atomic E-state index is 4.64. The summed E-state index contributed by atoms with van der Waals surface area (Å²) in [6.45, 7) is 10.8. The van der Waals surface area contributed by atoms with Crippen LogP contribution in [0.5, 0.6) is 0 Å². The molecule has 0 aliphatic carbocycles. The van der Waals surface area contributed by atoms with Crippen molar-refractivity contribution in [3.05, 3.63) is 65.7 Å². The fraction of sp³-hybridized carbons (Fsp3) is 0.261. The summed E-state index contributed by atoms with van der Waals surface area (Å²) in [5.41, 5.74) is 6.52. The van der Waals surface area contributed by atoms with Gasteiger partial charge in [-0.1, -0.05) is 45.0 Å². The molecule has 0 fully saturated rings. The largest absolute Gasteiger partial charge is 0.258 e. The number of fused-ring (bicyclic) bond motifs is 3. The van der Waals surface area contributed by atoms with Crippen LogP contribution in [0.2, 0.25) is 0 Å². The standard InChI is InChI=1S/C23H23N3/c1-14-11-16-9-10-19-21(17-7-6-8-18(12-17)23(3,4)5)24-13-25-22(19)20(16)15(2)26-14/h6-13H,1-5H3. The first-order valence-corrected chi connectivity index (χ1v) is 8.97. The van der Waals surface area contributed by atoms with E-state index in [1.165, 1.54) is 10.9 Å². The van der Waals surface area contributed by atoms with E-state index >= 15 is 0 Å². The highest BCUT2D eigenvalue weighted by molar-refractivity contribution is 6.10. The molecule has 0 atom stereocenters.